The summed E-state index contributed by atoms with van der Waals surface area (Å²) in [7, 11) is 0. The van der Waals surface area contributed by atoms with Crippen molar-refractivity contribution in [2.45, 2.75) is 69.1 Å². The molecule has 1 aromatic rings. The number of unbranched alkanes of at least 4 members (excludes halogenated alkanes) is 1. The van der Waals surface area contributed by atoms with Crippen LogP contribution in [0.5, 0.6) is 5.75 Å². The minimum atomic E-state index is -1.56. The molecule has 1 aromatic carbocycles. The van der Waals surface area contributed by atoms with Crippen molar-refractivity contribution in [2.24, 2.45) is 17.2 Å². The van der Waals surface area contributed by atoms with Crippen LogP contribution in [-0.2, 0) is 35.2 Å². The molecule has 1 rings (SSSR count). The van der Waals surface area contributed by atoms with Crippen LogP contribution in [0.3, 0.4) is 0 Å². The van der Waals surface area contributed by atoms with Crippen LogP contribution < -0.4 is 33.2 Å². The number of hydrogen-bond acceptors (Lipinski definition) is 9. The highest BCUT2D eigenvalue weighted by Gasteiger charge is 2.31. The first kappa shape index (κ1) is 32.8. The van der Waals surface area contributed by atoms with Gasteiger partial charge < -0.3 is 48.5 Å². The SMILES string of the molecule is NCCCCC(NC(=O)C(N)CCC(=O)O)C(=O)NC(CC(N)=O)C(=O)NC(Cc1ccc(O)cc1)C(=O)O. The van der Waals surface area contributed by atoms with Crippen molar-refractivity contribution in [3.8, 4) is 5.75 Å². The molecule has 39 heavy (non-hydrogen) atoms. The Bertz CT molecular complexity index is 1020. The summed E-state index contributed by atoms with van der Waals surface area (Å²) in [4.78, 5) is 72.5. The summed E-state index contributed by atoms with van der Waals surface area (Å²) in [6.07, 6.45) is -0.372. The Morgan fingerprint density at radius 2 is 1.36 bits per heavy atom. The van der Waals surface area contributed by atoms with Gasteiger partial charge in [0.25, 0.3) is 0 Å². The van der Waals surface area contributed by atoms with Gasteiger partial charge in [-0.05, 0) is 49.9 Å². The summed E-state index contributed by atoms with van der Waals surface area (Å²) >= 11 is 0. The van der Waals surface area contributed by atoms with Crippen molar-refractivity contribution in [3.63, 3.8) is 0 Å². The van der Waals surface area contributed by atoms with Crippen molar-refractivity contribution in [2.75, 3.05) is 6.54 Å². The third kappa shape index (κ3) is 12.7. The Morgan fingerprint density at radius 1 is 0.795 bits per heavy atom. The number of nitrogens with two attached hydrogens (primary N) is 3. The molecule has 0 saturated carbocycles. The molecule has 0 fully saturated rings. The van der Waals surface area contributed by atoms with Crippen LogP contribution in [0.2, 0.25) is 0 Å². The Balaban J connectivity index is 3.01. The number of hydrogen-bond donors (Lipinski definition) is 9. The Kier molecular flexibility index (Phi) is 13.9. The zero-order valence-electron chi connectivity index (χ0n) is 21.3. The van der Waals surface area contributed by atoms with E-state index in [0.29, 0.717) is 24.9 Å². The molecule has 216 valence electrons. The molecule has 4 amide bonds. The zero-order chi connectivity index (χ0) is 29.5. The molecule has 0 radical (unpaired) electrons. The first-order chi connectivity index (χ1) is 18.3. The molecule has 0 aliphatic rings. The van der Waals surface area contributed by atoms with Gasteiger partial charge in [0.2, 0.25) is 23.6 Å². The number of benzene rings is 1. The number of primary amides is 1. The summed E-state index contributed by atoms with van der Waals surface area (Å²) in [6.45, 7) is 0.310. The summed E-state index contributed by atoms with van der Waals surface area (Å²) in [5.41, 5.74) is 16.9. The van der Waals surface area contributed by atoms with Gasteiger partial charge in [0.15, 0.2) is 0 Å². The van der Waals surface area contributed by atoms with Crippen molar-refractivity contribution in [1.82, 2.24) is 16.0 Å². The number of phenolic OH excluding ortho intramolecular Hbond substituents is 1. The number of aromatic hydroxyl groups is 1. The highest BCUT2D eigenvalue weighted by molar-refractivity contribution is 5.96. The zero-order valence-corrected chi connectivity index (χ0v) is 21.3. The van der Waals surface area contributed by atoms with E-state index in [1.807, 2.05) is 0 Å². The molecule has 0 heterocycles. The van der Waals surface area contributed by atoms with Crippen LogP contribution in [0.1, 0.15) is 44.1 Å². The average molecular weight is 553 g/mol. The molecule has 0 aliphatic carbocycles. The number of carboxylic acid groups (broad SMARTS) is 2. The van der Waals surface area contributed by atoms with Crippen molar-refractivity contribution < 1.29 is 44.1 Å². The Hall–Kier alpha value is -4.24. The van der Waals surface area contributed by atoms with E-state index in [4.69, 9.17) is 22.3 Å². The number of aliphatic carboxylic acids is 2. The van der Waals surface area contributed by atoms with E-state index in [1.54, 1.807) is 0 Å². The fraction of sp³-hybridized carbons (Fsp3) is 0.500. The number of rotatable bonds is 18. The van der Waals surface area contributed by atoms with Crippen molar-refractivity contribution in [3.05, 3.63) is 29.8 Å². The normalized spacial score (nSPS) is 13.8. The number of carbonyl (C=O) groups excluding carboxylic acids is 4. The van der Waals surface area contributed by atoms with Gasteiger partial charge in [0, 0.05) is 12.8 Å². The molecule has 0 saturated heterocycles. The van der Waals surface area contributed by atoms with Gasteiger partial charge >= 0.3 is 11.9 Å². The molecule has 0 spiro atoms. The van der Waals surface area contributed by atoms with Crippen LogP contribution in [0, 0.1) is 0 Å². The molecule has 15 heteroatoms. The van der Waals surface area contributed by atoms with Crippen LogP contribution >= 0.6 is 0 Å². The Labute approximate surface area is 224 Å². The fourth-order valence-electron chi connectivity index (χ4n) is 3.47. The number of nitrogens with one attached hydrogen (secondary N) is 3. The number of amides is 4. The molecule has 0 aliphatic heterocycles. The van der Waals surface area contributed by atoms with Gasteiger partial charge in [-0.3, -0.25) is 24.0 Å². The predicted octanol–water partition coefficient (Wildman–Crippen LogP) is -2.33. The third-order valence-corrected chi connectivity index (χ3v) is 5.61. The third-order valence-electron chi connectivity index (χ3n) is 5.61. The maximum Gasteiger partial charge on any atom is 0.326 e. The van der Waals surface area contributed by atoms with Gasteiger partial charge in [-0.1, -0.05) is 12.1 Å². The lowest BCUT2D eigenvalue weighted by Crippen LogP contribution is -2.58. The van der Waals surface area contributed by atoms with Gasteiger partial charge in [-0.2, -0.15) is 0 Å². The molecule has 15 nitrogen and oxygen atoms in total. The van der Waals surface area contributed by atoms with E-state index >= 15 is 0 Å². The molecule has 4 unspecified atom stereocenters. The van der Waals surface area contributed by atoms with E-state index in [9.17, 15) is 39.0 Å². The lowest BCUT2D eigenvalue weighted by Gasteiger charge is -2.25. The van der Waals surface area contributed by atoms with Gasteiger partial charge in [-0.25, -0.2) is 4.79 Å². The predicted molar refractivity (Wildman–Crippen MR) is 137 cm³/mol. The van der Waals surface area contributed by atoms with Crippen LogP contribution in [0.15, 0.2) is 24.3 Å². The highest BCUT2D eigenvalue weighted by atomic mass is 16.4. The van der Waals surface area contributed by atoms with Crippen molar-refractivity contribution in [1.29, 1.82) is 0 Å². The van der Waals surface area contributed by atoms with Crippen LogP contribution in [0.4, 0.5) is 0 Å². The summed E-state index contributed by atoms with van der Waals surface area (Å²) < 4.78 is 0. The standard InChI is InChI=1S/C24H36N6O9/c25-10-2-1-3-16(28-21(35)15(26)8-9-20(33)34)22(36)29-17(12-19(27)32)23(37)30-18(24(38)39)11-13-4-6-14(31)7-5-13/h4-7,15-18,31H,1-3,8-12,25-26H2,(H2,27,32)(H,28,35)(H,29,36)(H,30,37)(H,33,34)(H,38,39). The minimum absolute atomic E-state index is 0.0326. The summed E-state index contributed by atoms with van der Waals surface area (Å²) in [6, 6.07) is 0.193. The Morgan fingerprint density at radius 3 is 1.90 bits per heavy atom. The molecule has 0 aromatic heterocycles. The average Bonchev–Trinajstić information content (AvgIpc) is 2.86. The number of carbonyl (C=O) groups is 6. The van der Waals surface area contributed by atoms with E-state index in [0.717, 1.165) is 0 Å². The van der Waals surface area contributed by atoms with E-state index in [2.05, 4.69) is 16.0 Å². The molecule has 0 bridgehead atoms. The van der Waals surface area contributed by atoms with E-state index in [-0.39, 0.29) is 31.4 Å². The molecular weight excluding hydrogens is 516 g/mol. The van der Waals surface area contributed by atoms with Gasteiger partial charge in [-0.15, -0.1) is 0 Å². The maximum absolute atomic E-state index is 13.0. The lowest BCUT2D eigenvalue weighted by atomic mass is 10.0. The fourth-order valence-corrected chi connectivity index (χ4v) is 3.47. The maximum atomic E-state index is 13.0. The largest absolute Gasteiger partial charge is 0.508 e. The number of phenols is 1. The quantitative estimate of drug-likeness (QED) is 0.0871. The molecular formula is C24H36N6O9. The second-order valence-electron chi connectivity index (χ2n) is 8.89. The second-order valence-corrected chi connectivity index (χ2v) is 8.89. The smallest absolute Gasteiger partial charge is 0.326 e. The summed E-state index contributed by atoms with van der Waals surface area (Å²) in [5.74, 6) is -6.19. The minimum Gasteiger partial charge on any atom is -0.508 e. The van der Waals surface area contributed by atoms with E-state index in [1.165, 1.54) is 24.3 Å². The first-order valence-corrected chi connectivity index (χ1v) is 12.2. The summed E-state index contributed by atoms with van der Waals surface area (Å²) in [5, 5.41) is 34.8. The molecule has 12 N–H and O–H groups in total. The van der Waals surface area contributed by atoms with Crippen LogP contribution in [-0.4, -0.2) is 81.6 Å². The van der Waals surface area contributed by atoms with Gasteiger partial charge in [0.1, 0.15) is 23.9 Å². The van der Waals surface area contributed by atoms with Gasteiger partial charge in [0.05, 0.1) is 12.5 Å². The van der Waals surface area contributed by atoms with E-state index < -0.39 is 66.2 Å². The molecule has 4 atom stereocenters. The first-order valence-electron chi connectivity index (χ1n) is 12.2. The number of carboxylic acids is 2. The second kappa shape index (κ2) is 16.6. The topological polar surface area (TPSA) is 277 Å². The monoisotopic (exact) mass is 552 g/mol. The highest BCUT2D eigenvalue weighted by Crippen LogP contribution is 2.12. The van der Waals surface area contributed by atoms with Crippen molar-refractivity contribution >= 4 is 35.6 Å². The van der Waals surface area contributed by atoms with Crippen LogP contribution in [0.25, 0.3) is 0 Å². The lowest BCUT2D eigenvalue weighted by molar-refractivity contribution is -0.142.